The SMILES string of the molecule is CC1(C)CCCC1C(N)c1cc(Cl)sc1Cl. The second-order valence-corrected chi connectivity index (χ2v) is 7.58. The van der Waals surface area contributed by atoms with Crippen molar-refractivity contribution < 1.29 is 0 Å². The largest absolute Gasteiger partial charge is 0.324 e. The summed E-state index contributed by atoms with van der Waals surface area (Å²) in [6.07, 6.45) is 3.71. The lowest BCUT2D eigenvalue weighted by molar-refractivity contribution is 0.222. The molecule has 1 aliphatic rings. The summed E-state index contributed by atoms with van der Waals surface area (Å²) in [5.41, 5.74) is 7.69. The van der Waals surface area contributed by atoms with Gasteiger partial charge in [0.1, 0.15) is 0 Å². The molecule has 1 fully saturated rings. The molecule has 2 atom stereocenters. The summed E-state index contributed by atoms with van der Waals surface area (Å²) in [7, 11) is 0. The number of rotatable bonds is 2. The van der Waals surface area contributed by atoms with E-state index in [2.05, 4.69) is 13.8 Å². The molecule has 0 aromatic carbocycles. The zero-order valence-corrected chi connectivity index (χ0v) is 11.9. The van der Waals surface area contributed by atoms with E-state index >= 15 is 0 Å². The monoisotopic (exact) mass is 277 g/mol. The van der Waals surface area contributed by atoms with Gasteiger partial charge in [-0.1, -0.05) is 43.5 Å². The van der Waals surface area contributed by atoms with Crippen molar-refractivity contribution in [2.45, 2.75) is 39.2 Å². The van der Waals surface area contributed by atoms with Crippen LogP contribution in [-0.4, -0.2) is 0 Å². The molecule has 1 heterocycles. The van der Waals surface area contributed by atoms with Crippen LogP contribution in [0.2, 0.25) is 8.67 Å². The van der Waals surface area contributed by atoms with Gasteiger partial charge in [0, 0.05) is 11.6 Å². The van der Waals surface area contributed by atoms with Crippen LogP contribution < -0.4 is 5.73 Å². The van der Waals surface area contributed by atoms with Crippen molar-refractivity contribution in [1.82, 2.24) is 0 Å². The highest BCUT2D eigenvalue weighted by Crippen LogP contribution is 2.49. The first-order valence-electron chi connectivity index (χ1n) is 5.62. The Morgan fingerprint density at radius 1 is 1.50 bits per heavy atom. The van der Waals surface area contributed by atoms with Crippen molar-refractivity contribution >= 4 is 34.5 Å². The molecule has 0 radical (unpaired) electrons. The van der Waals surface area contributed by atoms with Crippen LogP contribution in [0.15, 0.2) is 6.07 Å². The van der Waals surface area contributed by atoms with Gasteiger partial charge in [0.05, 0.1) is 8.67 Å². The van der Waals surface area contributed by atoms with Crippen LogP contribution in [0.25, 0.3) is 0 Å². The van der Waals surface area contributed by atoms with Crippen LogP contribution in [-0.2, 0) is 0 Å². The van der Waals surface area contributed by atoms with E-state index in [0.29, 0.717) is 11.3 Å². The van der Waals surface area contributed by atoms with Crippen molar-refractivity contribution in [3.8, 4) is 0 Å². The third kappa shape index (κ3) is 2.26. The molecule has 0 amide bonds. The number of thiophene rings is 1. The molecule has 90 valence electrons. The molecular weight excluding hydrogens is 261 g/mol. The van der Waals surface area contributed by atoms with Crippen LogP contribution in [0, 0.1) is 11.3 Å². The molecule has 2 N–H and O–H groups in total. The smallest absolute Gasteiger partial charge is 0.0991 e. The molecule has 0 bridgehead atoms. The summed E-state index contributed by atoms with van der Waals surface area (Å²) < 4.78 is 1.48. The van der Waals surface area contributed by atoms with E-state index in [0.717, 1.165) is 14.2 Å². The zero-order valence-electron chi connectivity index (χ0n) is 9.59. The minimum atomic E-state index is 0.0220. The van der Waals surface area contributed by atoms with Crippen LogP contribution in [0.3, 0.4) is 0 Å². The average molecular weight is 278 g/mol. The second kappa shape index (κ2) is 4.49. The van der Waals surface area contributed by atoms with Crippen molar-refractivity contribution in [2.75, 3.05) is 0 Å². The van der Waals surface area contributed by atoms with E-state index in [1.807, 2.05) is 6.07 Å². The highest BCUT2D eigenvalue weighted by atomic mass is 35.5. The van der Waals surface area contributed by atoms with Gasteiger partial charge in [0.15, 0.2) is 0 Å². The number of halogens is 2. The molecule has 1 nitrogen and oxygen atoms in total. The van der Waals surface area contributed by atoms with Crippen molar-refractivity contribution in [3.63, 3.8) is 0 Å². The zero-order chi connectivity index (χ0) is 11.9. The lowest BCUT2D eigenvalue weighted by Gasteiger charge is -2.31. The second-order valence-electron chi connectivity index (χ2n) is 5.29. The van der Waals surface area contributed by atoms with Gasteiger partial charge in [0.25, 0.3) is 0 Å². The van der Waals surface area contributed by atoms with Crippen LogP contribution in [0.1, 0.15) is 44.7 Å². The third-order valence-electron chi connectivity index (χ3n) is 3.82. The van der Waals surface area contributed by atoms with Gasteiger partial charge < -0.3 is 5.73 Å². The van der Waals surface area contributed by atoms with Crippen LogP contribution in [0.4, 0.5) is 0 Å². The molecule has 1 saturated carbocycles. The minimum absolute atomic E-state index is 0.0220. The van der Waals surface area contributed by atoms with Gasteiger partial charge in [0.2, 0.25) is 0 Å². The molecule has 0 saturated heterocycles. The Morgan fingerprint density at radius 2 is 2.19 bits per heavy atom. The molecule has 4 heteroatoms. The fourth-order valence-corrected chi connectivity index (χ4v) is 4.38. The standard InChI is InChI=1S/C12H17Cl2NS/c1-12(2)5-3-4-8(12)10(15)7-6-9(13)16-11(7)14/h6,8,10H,3-5,15H2,1-2H3. The maximum atomic E-state index is 6.35. The van der Waals surface area contributed by atoms with E-state index in [4.69, 9.17) is 28.9 Å². The minimum Gasteiger partial charge on any atom is -0.324 e. The van der Waals surface area contributed by atoms with Crippen molar-refractivity contribution in [1.29, 1.82) is 0 Å². The molecule has 1 aromatic rings. The van der Waals surface area contributed by atoms with Gasteiger partial charge in [-0.15, -0.1) is 11.3 Å². The normalized spacial score (nSPS) is 25.9. The third-order valence-corrected chi connectivity index (χ3v) is 5.33. The molecule has 1 aliphatic carbocycles. The number of hydrogen-bond donors (Lipinski definition) is 1. The highest BCUT2D eigenvalue weighted by Gasteiger charge is 2.39. The highest BCUT2D eigenvalue weighted by molar-refractivity contribution is 7.20. The summed E-state index contributed by atoms with van der Waals surface area (Å²) in [5.74, 6) is 0.510. The lowest BCUT2D eigenvalue weighted by atomic mass is 9.76. The quantitative estimate of drug-likeness (QED) is 0.819. The summed E-state index contributed by atoms with van der Waals surface area (Å²) >= 11 is 13.5. The van der Waals surface area contributed by atoms with Crippen LogP contribution >= 0.6 is 34.5 Å². The maximum Gasteiger partial charge on any atom is 0.0991 e. The fourth-order valence-electron chi connectivity index (χ4n) is 2.82. The Hall–Kier alpha value is 0.240. The first-order valence-corrected chi connectivity index (χ1v) is 7.19. The summed E-state index contributed by atoms with van der Waals surface area (Å²) in [5, 5.41) is 0. The Morgan fingerprint density at radius 3 is 2.62 bits per heavy atom. The van der Waals surface area contributed by atoms with Crippen molar-refractivity contribution in [3.05, 3.63) is 20.3 Å². The van der Waals surface area contributed by atoms with Gasteiger partial charge in [-0.05, 0) is 30.2 Å². The number of hydrogen-bond acceptors (Lipinski definition) is 2. The molecule has 0 spiro atoms. The van der Waals surface area contributed by atoms with Gasteiger partial charge in [-0.3, -0.25) is 0 Å². The Bertz CT molecular complexity index is 386. The first kappa shape index (κ1) is 12.7. The molecule has 2 rings (SSSR count). The fraction of sp³-hybridized carbons (Fsp3) is 0.667. The number of nitrogens with two attached hydrogens (primary N) is 1. The predicted octanol–water partition coefficient (Wildman–Crippen LogP) is 4.88. The Kier molecular flexibility index (Phi) is 3.56. The Balaban J connectivity index is 2.25. The maximum absolute atomic E-state index is 6.35. The predicted molar refractivity (Wildman–Crippen MR) is 72.4 cm³/mol. The first-order chi connectivity index (χ1) is 7.42. The van der Waals surface area contributed by atoms with Gasteiger partial charge in [-0.2, -0.15) is 0 Å². The van der Waals surface area contributed by atoms with E-state index in [1.165, 1.54) is 30.6 Å². The average Bonchev–Trinajstić information content (AvgIpc) is 2.68. The molecular formula is C12H17Cl2NS. The van der Waals surface area contributed by atoms with Crippen molar-refractivity contribution in [2.24, 2.45) is 17.1 Å². The van der Waals surface area contributed by atoms with E-state index in [-0.39, 0.29) is 6.04 Å². The van der Waals surface area contributed by atoms with Crippen LogP contribution in [0.5, 0.6) is 0 Å². The van der Waals surface area contributed by atoms with Gasteiger partial charge >= 0.3 is 0 Å². The van der Waals surface area contributed by atoms with Gasteiger partial charge in [-0.25, -0.2) is 0 Å². The van der Waals surface area contributed by atoms with E-state index in [9.17, 15) is 0 Å². The Labute approximate surface area is 111 Å². The topological polar surface area (TPSA) is 26.0 Å². The van der Waals surface area contributed by atoms with E-state index in [1.54, 1.807) is 0 Å². The lowest BCUT2D eigenvalue weighted by Crippen LogP contribution is -2.29. The molecule has 1 aromatic heterocycles. The molecule has 16 heavy (non-hydrogen) atoms. The summed E-state index contributed by atoms with van der Waals surface area (Å²) in [6.45, 7) is 4.60. The van der Waals surface area contributed by atoms with E-state index < -0.39 is 0 Å². The molecule has 0 aliphatic heterocycles. The molecule has 2 unspecified atom stereocenters. The summed E-state index contributed by atoms with van der Waals surface area (Å²) in [4.78, 5) is 0. The summed E-state index contributed by atoms with van der Waals surface area (Å²) in [6, 6.07) is 1.95.